The number of rotatable bonds is 3. The topological polar surface area (TPSA) is 95.3 Å². The van der Waals surface area contributed by atoms with Crippen molar-refractivity contribution >= 4 is 17.3 Å². The number of nitrogens with one attached hydrogen (secondary N) is 1. The zero-order chi connectivity index (χ0) is 13.8. The second kappa shape index (κ2) is 5.18. The Hall–Kier alpha value is -2.89. The molecule has 19 heavy (non-hydrogen) atoms. The Morgan fingerprint density at radius 1 is 1.11 bits per heavy atom. The van der Waals surface area contributed by atoms with E-state index in [2.05, 4.69) is 5.32 Å². The van der Waals surface area contributed by atoms with E-state index in [0.29, 0.717) is 5.69 Å². The van der Waals surface area contributed by atoms with E-state index in [0.717, 1.165) is 12.1 Å². The van der Waals surface area contributed by atoms with E-state index in [1.165, 1.54) is 6.07 Å². The molecular weight excluding hydrogens is 248 g/mol. The number of hydrogen-bond acceptors (Lipinski definition) is 4. The summed E-state index contributed by atoms with van der Waals surface area (Å²) in [4.78, 5) is 21.7. The van der Waals surface area contributed by atoms with Crippen molar-refractivity contribution in [1.29, 1.82) is 0 Å². The first-order valence-corrected chi connectivity index (χ1v) is 5.40. The zero-order valence-electron chi connectivity index (χ0n) is 9.70. The van der Waals surface area contributed by atoms with Gasteiger partial charge in [-0.15, -0.1) is 0 Å². The summed E-state index contributed by atoms with van der Waals surface area (Å²) in [6.45, 7) is 0. The first kappa shape index (κ1) is 12.6. The second-order valence-corrected chi connectivity index (χ2v) is 3.76. The largest absolute Gasteiger partial charge is 0.868 e. The SMILES string of the molecule is O=C(Nc1ccccc1)c1ccc([O-])c([N+](=O)[O-])c1. The van der Waals surface area contributed by atoms with E-state index in [1.807, 2.05) is 0 Å². The van der Waals surface area contributed by atoms with Crippen molar-refractivity contribution in [3.05, 3.63) is 64.2 Å². The molecular formula is C13H9N2O4-. The van der Waals surface area contributed by atoms with Gasteiger partial charge in [0.25, 0.3) is 11.6 Å². The molecule has 0 fully saturated rings. The molecule has 0 saturated heterocycles. The molecule has 6 nitrogen and oxygen atoms in total. The predicted octanol–water partition coefficient (Wildman–Crippen LogP) is 1.92. The number of hydrogen-bond donors (Lipinski definition) is 1. The van der Waals surface area contributed by atoms with Gasteiger partial charge in [-0.2, -0.15) is 0 Å². The normalized spacial score (nSPS) is 9.89. The summed E-state index contributed by atoms with van der Waals surface area (Å²) in [6.07, 6.45) is 0. The summed E-state index contributed by atoms with van der Waals surface area (Å²) in [5.41, 5.74) is 0.0252. The molecule has 1 amide bonds. The highest BCUT2D eigenvalue weighted by Gasteiger charge is 2.12. The molecule has 96 valence electrons. The highest BCUT2D eigenvalue weighted by molar-refractivity contribution is 6.04. The molecule has 6 heteroatoms. The van der Waals surface area contributed by atoms with Crippen LogP contribution in [0, 0.1) is 10.1 Å². The molecule has 0 spiro atoms. The van der Waals surface area contributed by atoms with E-state index in [9.17, 15) is 20.0 Å². The molecule has 1 N–H and O–H groups in total. The summed E-state index contributed by atoms with van der Waals surface area (Å²) >= 11 is 0. The molecule has 0 aromatic heterocycles. The van der Waals surface area contributed by atoms with Crippen molar-refractivity contribution in [2.45, 2.75) is 0 Å². The Morgan fingerprint density at radius 3 is 2.42 bits per heavy atom. The average molecular weight is 257 g/mol. The Morgan fingerprint density at radius 2 is 1.79 bits per heavy atom. The maximum atomic E-state index is 11.9. The molecule has 0 aliphatic rings. The van der Waals surface area contributed by atoms with Gasteiger partial charge in [-0.1, -0.05) is 24.3 Å². The van der Waals surface area contributed by atoms with Crippen LogP contribution in [0.2, 0.25) is 0 Å². The highest BCUT2D eigenvalue weighted by atomic mass is 16.6. The lowest BCUT2D eigenvalue weighted by molar-refractivity contribution is -0.398. The number of para-hydroxylation sites is 1. The maximum absolute atomic E-state index is 11.9. The van der Waals surface area contributed by atoms with Crippen LogP contribution in [0.4, 0.5) is 11.4 Å². The molecule has 2 aromatic rings. The van der Waals surface area contributed by atoms with Gasteiger partial charge < -0.3 is 10.4 Å². The number of benzene rings is 2. The van der Waals surface area contributed by atoms with E-state index in [-0.39, 0.29) is 5.56 Å². The number of nitro benzene ring substituents is 1. The molecule has 0 unspecified atom stereocenters. The predicted molar refractivity (Wildman–Crippen MR) is 66.9 cm³/mol. The fraction of sp³-hybridized carbons (Fsp3) is 0. The number of anilines is 1. The summed E-state index contributed by atoms with van der Waals surface area (Å²) in [7, 11) is 0. The highest BCUT2D eigenvalue weighted by Crippen LogP contribution is 2.24. The summed E-state index contributed by atoms with van der Waals surface area (Å²) in [5.74, 6) is -1.23. The third kappa shape index (κ3) is 2.86. The summed E-state index contributed by atoms with van der Waals surface area (Å²) in [6, 6.07) is 11.9. The maximum Gasteiger partial charge on any atom is 0.262 e. The van der Waals surface area contributed by atoms with Gasteiger partial charge >= 0.3 is 0 Å². The minimum Gasteiger partial charge on any atom is -0.868 e. The van der Waals surface area contributed by atoms with Crippen molar-refractivity contribution in [2.75, 3.05) is 5.32 Å². The minimum atomic E-state index is -0.804. The van der Waals surface area contributed by atoms with Crippen LogP contribution in [0.15, 0.2) is 48.5 Å². The Kier molecular flexibility index (Phi) is 3.42. The van der Waals surface area contributed by atoms with Gasteiger partial charge in [0.1, 0.15) is 0 Å². The first-order chi connectivity index (χ1) is 9.08. The number of carbonyl (C=O) groups excluding carboxylic acids is 1. The van der Waals surface area contributed by atoms with Gasteiger partial charge in [0.15, 0.2) is 0 Å². The Balaban J connectivity index is 2.25. The third-order valence-corrected chi connectivity index (χ3v) is 2.45. The second-order valence-electron chi connectivity index (χ2n) is 3.76. The van der Waals surface area contributed by atoms with Crippen molar-refractivity contribution in [1.82, 2.24) is 0 Å². The van der Waals surface area contributed by atoms with Gasteiger partial charge in [-0.05, 0) is 23.9 Å². The lowest BCUT2D eigenvalue weighted by Gasteiger charge is -2.09. The van der Waals surface area contributed by atoms with Crippen LogP contribution in [-0.4, -0.2) is 10.8 Å². The van der Waals surface area contributed by atoms with Crippen LogP contribution in [-0.2, 0) is 0 Å². The lowest BCUT2D eigenvalue weighted by Crippen LogP contribution is -2.12. The van der Waals surface area contributed by atoms with Gasteiger partial charge in [-0.25, -0.2) is 0 Å². The van der Waals surface area contributed by atoms with Gasteiger partial charge in [0, 0.05) is 17.3 Å². The van der Waals surface area contributed by atoms with Gasteiger partial charge in [-0.3, -0.25) is 14.9 Å². The molecule has 0 saturated carbocycles. The number of nitrogens with zero attached hydrogens (tertiary/aromatic N) is 1. The summed E-state index contributed by atoms with van der Waals surface area (Å²) in [5, 5.41) is 24.4. The van der Waals surface area contributed by atoms with Crippen LogP contribution in [0.3, 0.4) is 0 Å². The van der Waals surface area contributed by atoms with E-state index in [1.54, 1.807) is 30.3 Å². The van der Waals surface area contributed by atoms with E-state index < -0.39 is 22.3 Å². The Bertz CT molecular complexity index is 626. The molecule has 0 atom stereocenters. The van der Waals surface area contributed by atoms with Crippen LogP contribution in [0.25, 0.3) is 0 Å². The number of nitro groups is 1. The quantitative estimate of drug-likeness (QED) is 0.671. The number of carbonyl (C=O) groups is 1. The molecule has 2 rings (SSSR count). The molecule has 0 bridgehead atoms. The lowest BCUT2D eigenvalue weighted by atomic mass is 10.1. The standard InChI is InChI=1S/C13H10N2O4/c16-12-7-6-9(8-11(12)15(18)19)13(17)14-10-4-2-1-3-5-10/h1-8,16H,(H,14,17)/p-1. The molecule has 0 aliphatic carbocycles. The fourth-order valence-corrected chi connectivity index (χ4v) is 1.53. The molecule has 2 aromatic carbocycles. The third-order valence-electron chi connectivity index (χ3n) is 2.45. The fourth-order valence-electron chi connectivity index (χ4n) is 1.53. The molecule has 0 heterocycles. The zero-order valence-corrected chi connectivity index (χ0v) is 9.70. The first-order valence-electron chi connectivity index (χ1n) is 5.40. The molecule has 0 radical (unpaired) electrons. The minimum absolute atomic E-state index is 0.0650. The van der Waals surface area contributed by atoms with Crippen molar-refractivity contribution in [3.63, 3.8) is 0 Å². The van der Waals surface area contributed by atoms with Crippen LogP contribution in [0.1, 0.15) is 10.4 Å². The van der Waals surface area contributed by atoms with Crippen LogP contribution >= 0.6 is 0 Å². The van der Waals surface area contributed by atoms with Gasteiger partial charge in [0.2, 0.25) is 0 Å². The smallest absolute Gasteiger partial charge is 0.262 e. The van der Waals surface area contributed by atoms with Crippen molar-refractivity contribution < 1.29 is 14.8 Å². The van der Waals surface area contributed by atoms with E-state index >= 15 is 0 Å². The van der Waals surface area contributed by atoms with Crippen molar-refractivity contribution in [2.24, 2.45) is 0 Å². The number of amides is 1. The van der Waals surface area contributed by atoms with Crippen molar-refractivity contribution in [3.8, 4) is 5.75 Å². The van der Waals surface area contributed by atoms with Crippen LogP contribution < -0.4 is 10.4 Å². The molecule has 0 aliphatic heterocycles. The van der Waals surface area contributed by atoms with Crippen LogP contribution in [0.5, 0.6) is 5.75 Å². The monoisotopic (exact) mass is 257 g/mol. The Labute approximate surface area is 108 Å². The van der Waals surface area contributed by atoms with E-state index in [4.69, 9.17) is 0 Å². The van der Waals surface area contributed by atoms with Gasteiger partial charge in [0.05, 0.1) is 4.92 Å². The average Bonchev–Trinajstić information content (AvgIpc) is 2.40. The summed E-state index contributed by atoms with van der Waals surface area (Å²) < 4.78 is 0.